The van der Waals surface area contributed by atoms with Crippen molar-refractivity contribution >= 4 is 11.8 Å². The molecule has 76 valence electrons. The molecule has 0 saturated carbocycles. The number of nitrogens with one attached hydrogen (secondary N) is 1. The Morgan fingerprint density at radius 3 is 3.08 bits per heavy atom. The average molecular weight is 200 g/mol. The zero-order valence-corrected chi connectivity index (χ0v) is 9.11. The molecule has 2 nitrogen and oxygen atoms in total. The Hall–Kier alpha value is 0.270. The standard InChI is InChI=1S/C10H20N2S/c1-3-10(11-4-1)9-12-5-2-7-13-8-6-12/h10-11H,1-9H2/t10-/m1/s1. The number of hydrogen-bond acceptors (Lipinski definition) is 3. The largest absolute Gasteiger partial charge is 0.313 e. The molecule has 0 aromatic heterocycles. The normalized spacial score (nSPS) is 31.8. The third kappa shape index (κ3) is 3.15. The predicted octanol–water partition coefficient (Wildman–Crippen LogP) is 1.18. The third-order valence-electron chi connectivity index (χ3n) is 2.96. The summed E-state index contributed by atoms with van der Waals surface area (Å²) in [5, 5.41) is 3.58. The summed E-state index contributed by atoms with van der Waals surface area (Å²) in [5.74, 6) is 2.71. The van der Waals surface area contributed by atoms with E-state index < -0.39 is 0 Å². The van der Waals surface area contributed by atoms with E-state index in [4.69, 9.17) is 0 Å². The Balaban J connectivity index is 1.71. The molecule has 0 spiro atoms. The van der Waals surface area contributed by atoms with E-state index in [2.05, 4.69) is 22.0 Å². The fourth-order valence-electron chi connectivity index (χ4n) is 2.20. The summed E-state index contributed by atoms with van der Waals surface area (Å²) in [5.41, 5.74) is 0. The molecule has 2 aliphatic rings. The zero-order chi connectivity index (χ0) is 8.93. The van der Waals surface area contributed by atoms with Gasteiger partial charge in [-0.1, -0.05) is 0 Å². The number of nitrogens with zero attached hydrogens (tertiary/aromatic N) is 1. The fraction of sp³-hybridized carbons (Fsp3) is 1.00. The number of rotatable bonds is 2. The Labute approximate surface area is 85.4 Å². The van der Waals surface area contributed by atoms with E-state index >= 15 is 0 Å². The van der Waals surface area contributed by atoms with E-state index in [1.54, 1.807) is 0 Å². The molecule has 0 radical (unpaired) electrons. The topological polar surface area (TPSA) is 15.3 Å². The minimum Gasteiger partial charge on any atom is -0.313 e. The highest BCUT2D eigenvalue weighted by Crippen LogP contribution is 2.12. The highest BCUT2D eigenvalue weighted by Gasteiger charge is 2.18. The Morgan fingerprint density at radius 1 is 1.23 bits per heavy atom. The monoisotopic (exact) mass is 200 g/mol. The van der Waals surface area contributed by atoms with Crippen molar-refractivity contribution in [3.05, 3.63) is 0 Å². The predicted molar refractivity (Wildman–Crippen MR) is 59.4 cm³/mol. The molecule has 2 heterocycles. The van der Waals surface area contributed by atoms with Crippen molar-refractivity contribution in [1.29, 1.82) is 0 Å². The third-order valence-corrected chi connectivity index (χ3v) is 4.00. The molecule has 0 amide bonds. The molecule has 1 atom stereocenters. The van der Waals surface area contributed by atoms with Crippen LogP contribution >= 0.6 is 11.8 Å². The lowest BCUT2D eigenvalue weighted by molar-refractivity contribution is 0.267. The van der Waals surface area contributed by atoms with Gasteiger partial charge >= 0.3 is 0 Å². The van der Waals surface area contributed by atoms with Gasteiger partial charge in [-0.15, -0.1) is 0 Å². The van der Waals surface area contributed by atoms with Gasteiger partial charge in [-0.3, -0.25) is 0 Å². The first-order chi connectivity index (χ1) is 6.45. The zero-order valence-electron chi connectivity index (χ0n) is 8.30. The summed E-state index contributed by atoms with van der Waals surface area (Å²) < 4.78 is 0. The lowest BCUT2D eigenvalue weighted by Gasteiger charge is -2.23. The maximum atomic E-state index is 3.58. The second kappa shape index (κ2) is 5.23. The van der Waals surface area contributed by atoms with Gasteiger partial charge in [0.2, 0.25) is 0 Å². The minimum atomic E-state index is 0.795. The van der Waals surface area contributed by atoms with Crippen molar-refractivity contribution in [3.8, 4) is 0 Å². The van der Waals surface area contributed by atoms with Crippen molar-refractivity contribution in [1.82, 2.24) is 10.2 Å². The quantitative estimate of drug-likeness (QED) is 0.720. The molecule has 2 rings (SSSR count). The van der Waals surface area contributed by atoms with E-state index in [1.165, 1.54) is 56.9 Å². The Kier molecular flexibility index (Phi) is 3.94. The summed E-state index contributed by atoms with van der Waals surface area (Å²) in [4.78, 5) is 2.64. The molecule has 2 aliphatic heterocycles. The molecule has 2 fully saturated rings. The molecule has 0 aromatic rings. The van der Waals surface area contributed by atoms with Gasteiger partial charge in [-0.25, -0.2) is 0 Å². The molecule has 13 heavy (non-hydrogen) atoms. The van der Waals surface area contributed by atoms with Crippen LogP contribution in [0, 0.1) is 0 Å². The highest BCUT2D eigenvalue weighted by molar-refractivity contribution is 7.99. The van der Waals surface area contributed by atoms with E-state index in [0.29, 0.717) is 0 Å². The fourth-order valence-corrected chi connectivity index (χ4v) is 3.13. The molecule has 1 N–H and O–H groups in total. The van der Waals surface area contributed by atoms with Gasteiger partial charge in [0.1, 0.15) is 0 Å². The summed E-state index contributed by atoms with van der Waals surface area (Å²) in [6, 6.07) is 0.795. The van der Waals surface area contributed by atoms with Crippen LogP contribution in [0.2, 0.25) is 0 Å². The molecule has 2 saturated heterocycles. The minimum absolute atomic E-state index is 0.795. The number of hydrogen-bond donors (Lipinski definition) is 1. The average Bonchev–Trinajstić information content (AvgIpc) is 2.49. The van der Waals surface area contributed by atoms with E-state index in [9.17, 15) is 0 Å². The summed E-state index contributed by atoms with van der Waals surface area (Å²) >= 11 is 2.12. The van der Waals surface area contributed by atoms with Crippen LogP contribution < -0.4 is 5.32 Å². The first kappa shape index (κ1) is 9.81. The van der Waals surface area contributed by atoms with Crippen LogP contribution in [0.25, 0.3) is 0 Å². The number of thioether (sulfide) groups is 1. The summed E-state index contributed by atoms with van der Waals surface area (Å²) in [6.45, 7) is 5.17. The Bertz CT molecular complexity index is 138. The second-order valence-electron chi connectivity index (χ2n) is 4.06. The Morgan fingerprint density at radius 2 is 2.23 bits per heavy atom. The van der Waals surface area contributed by atoms with Gasteiger partial charge in [0.05, 0.1) is 0 Å². The smallest absolute Gasteiger partial charge is 0.0195 e. The van der Waals surface area contributed by atoms with Gasteiger partial charge in [0, 0.05) is 24.9 Å². The maximum absolute atomic E-state index is 3.58. The van der Waals surface area contributed by atoms with Gasteiger partial charge in [-0.05, 0) is 38.1 Å². The van der Waals surface area contributed by atoms with Crippen molar-refractivity contribution < 1.29 is 0 Å². The highest BCUT2D eigenvalue weighted by atomic mass is 32.2. The van der Waals surface area contributed by atoms with Crippen LogP contribution in [0.5, 0.6) is 0 Å². The molecule has 0 unspecified atom stereocenters. The first-order valence-corrected chi connectivity index (χ1v) is 6.64. The van der Waals surface area contributed by atoms with Crippen LogP contribution in [0.3, 0.4) is 0 Å². The first-order valence-electron chi connectivity index (χ1n) is 5.48. The molecule has 0 aliphatic carbocycles. The summed E-state index contributed by atoms with van der Waals surface area (Å²) in [7, 11) is 0. The molecule has 0 aromatic carbocycles. The lowest BCUT2D eigenvalue weighted by atomic mass is 10.2. The van der Waals surface area contributed by atoms with Crippen LogP contribution in [-0.2, 0) is 0 Å². The maximum Gasteiger partial charge on any atom is 0.0195 e. The molecule has 0 bridgehead atoms. The van der Waals surface area contributed by atoms with Crippen molar-refractivity contribution in [3.63, 3.8) is 0 Å². The van der Waals surface area contributed by atoms with E-state index in [-0.39, 0.29) is 0 Å². The van der Waals surface area contributed by atoms with Gasteiger partial charge in [0.15, 0.2) is 0 Å². The van der Waals surface area contributed by atoms with Crippen molar-refractivity contribution in [2.45, 2.75) is 25.3 Å². The summed E-state index contributed by atoms with van der Waals surface area (Å²) in [6.07, 6.45) is 4.16. The molecular formula is C10H20N2S. The van der Waals surface area contributed by atoms with Crippen molar-refractivity contribution in [2.75, 3.05) is 37.7 Å². The van der Waals surface area contributed by atoms with Gasteiger partial charge < -0.3 is 10.2 Å². The van der Waals surface area contributed by atoms with Gasteiger partial charge in [-0.2, -0.15) is 11.8 Å². The van der Waals surface area contributed by atoms with Gasteiger partial charge in [0.25, 0.3) is 0 Å². The van der Waals surface area contributed by atoms with Crippen LogP contribution in [0.1, 0.15) is 19.3 Å². The molecule has 3 heteroatoms. The van der Waals surface area contributed by atoms with Crippen LogP contribution in [0.4, 0.5) is 0 Å². The molecular weight excluding hydrogens is 180 g/mol. The van der Waals surface area contributed by atoms with Crippen LogP contribution in [0.15, 0.2) is 0 Å². The van der Waals surface area contributed by atoms with E-state index in [0.717, 1.165) is 6.04 Å². The van der Waals surface area contributed by atoms with Crippen molar-refractivity contribution in [2.24, 2.45) is 0 Å². The SMILES string of the molecule is C1CN[C@@H](CN2CCCSCC2)C1. The van der Waals surface area contributed by atoms with E-state index in [1.807, 2.05) is 0 Å². The lowest BCUT2D eigenvalue weighted by Crippen LogP contribution is -2.38. The van der Waals surface area contributed by atoms with Crippen LogP contribution in [-0.4, -0.2) is 48.6 Å². The second-order valence-corrected chi connectivity index (χ2v) is 5.28.